The summed E-state index contributed by atoms with van der Waals surface area (Å²) in [5.41, 5.74) is 5.73. The standard InChI is InChI=1S/C31H32N4O2/c1-19-5-14-27(33-30(36)22-8-6-21(7-9-22)20(2)35(3)4)17-28(19)25-13-12-24-16-29(32-18-26(24)15-25)34-31(37)23-10-11-23/h5-9,12-18,20,23H,10-11H2,1-4H3,(H,33,36)(H,32,34,37). The average Bonchev–Trinajstić information content (AvgIpc) is 3.75. The lowest BCUT2D eigenvalue weighted by molar-refractivity contribution is -0.117. The minimum atomic E-state index is -0.137. The van der Waals surface area contributed by atoms with Gasteiger partial charge < -0.3 is 15.5 Å². The highest BCUT2D eigenvalue weighted by atomic mass is 16.2. The van der Waals surface area contributed by atoms with Crippen molar-refractivity contribution in [1.29, 1.82) is 0 Å². The van der Waals surface area contributed by atoms with Gasteiger partial charge in [-0.05, 0) is 105 Å². The molecule has 4 aromatic rings. The van der Waals surface area contributed by atoms with Gasteiger partial charge in [-0.1, -0.05) is 30.3 Å². The van der Waals surface area contributed by atoms with E-state index in [4.69, 9.17) is 0 Å². The first kappa shape index (κ1) is 24.7. The number of benzene rings is 3. The lowest BCUT2D eigenvalue weighted by Gasteiger charge is -2.20. The first-order chi connectivity index (χ1) is 17.8. The molecular formula is C31H32N4O2. The van der Waals surface area contributed by atoms with Crippen molar-refractivity contribution in [2.75, 3.05) is 24.7 Å². The van der Waals surface area contributed by atoms with Crippen molar-refractivity contribution in [1.82, 2.24) is 9.88 Å². The number of amides is 2. The Bertz CT molecular complexity index is 1470. The molecule has 2 N–H and O–H groups in total. The van der Waals surface area contributed by atoms with E-state index >= 15 is 0 Å². The summed E-state index contributed by atoms with van der Waals surface area (Å²) in [6, 6.07) is 22.1. The molecule has 1 aliphatic rings. The first-order valence-corrected chi connectivity index (χ1v) is 12.7. The highest BCUT2D eigenvalue weighted by molar-refractivity contribution is 6.04. The van der Waals surface area contributed by atoms with E-state index in [2.05, 4.69) is 46.5 Å². The molecule has 1 aromatic heterocycles. The van der Waals surface area contributed by atoms with Crippen LogP contribution in [-0.4, -0.2) is 35.8 Å². The summed E-state index contributed by atoms with van der Waals surface area (Å²) < 4.78 is 0. The Morgan fingerprint density at radius 3 is 2.38 bits per heavy atom. The van der Waals surface area contributed by atoms with Gasteiger partial charge in [0, 0.05) is 34.8 Å². The molecule has 6 heteroatoms. The molecule has 0 spiro atoms. The second kappa shape index (κ2) is 10.1. The maximum absolute atomic E-state index is 12.9. The SMILES string of the molecule is Cc1ccc(NC(=O)c2ccc(C(C)N(C)C)cc2)cc1-c1ccc2cc(NC(=O)C3CC3)ncc2c1. The lowest BCUT2D eigenvalue weighted by atomic mass is 9.97. The number of aryl methyl sites for hydroxylation is 1. The fourth-order valence-corrected chi connectivity index (χ4v) is 4.38. The van der Waals surface area contributed by atoms with E-state index in [1.807, 2.05) is 68.7 Å². The van der Waals surface area contributed by atoms with Crippen LogP contribution in [0.2, 0.25) is 0 Å². The number of fused-ring (bicyclic) bond motifs is 1. The van der Waals surface area contributed by atoms with Gasteiger partial charge in [0.1, 0.15) is 5.82 Å². The van der Waals surface area contributed by atoms with Crippen LogP contribution in [0.25, 0.3) is 21.9 Å². The van der Waals surface area contributed by atoms with Gasteiger partial charge in [-0.2, -0.15) is 0 Å². The summed E-state index contributed by atoms with van der Waals surface area (Å²) in [5, 5.41) is 7.96. The molecule has 37 heavy (non-hydrogen) atoms. The number of carbonyl (C=O) groups is 2. The van der Waals surface area contributed by atoms with Crippen molar-refractivity contribution < 1.29 is 9.59 Å². The Hall–Kier alpha value is -4.03. The second-order valence-corrected chi connectivity index (χ2v) is 10.1. The Morgan fingerprint density at radius 1 is 0.919 bits per heavy atom. The molecular weight excluding hydrogens is 460 g/mol. The van der Waals surface area contributed by atoms with Gasteiger partial charge in [0.15, 0.2) is 0 Å². The van der Waals surface area contributed by atoms with Crippen LogP contribution in [0.15, 0.2) is 72.9 Å². The molecule has 1 saturated carbocycles. The van der Waals surface area contributed by atoms with Crippen molar-refractivity contribution >= 4 is 34.1 Å². The fourth-order valence-electron chi connectivity index (χ4n) is 4.38. The van der Waals surface area contributed by atoms with Crippen molar-refractivity contribution in [3.8, 4) is 11.1 Å². The minimum Gasteiger partial charge on any atom is -0.322 e. The molecule has 1 heterocycles. The number of hydrogen-bond donors (Lipinski definition) is 2. The molecule has 5 rings (SSSR count). The molecule has 1 fully saturated rings. The zero-order chi connectivity index (χ0) is 26.1. The molecule has 0 aliphatic heterocycles. The van der Waals surface area contributed by atoms with Crippen LogP contribution in [0, 0.1) is 12.8 Å². The number of nitrogens with zero attached hydrogens (tertiary/aromatic N) is 2. The molecule has 1 atom stereocenters. The maximum Gasteiger partial charge on any atom is 0.255 e. The van der Waals surface area contributed by atoms with Crippen LogP contribution in [0.4, 0.5) is 11.5 Å². The molecule has 1 unspecified atom stereocenters. The van der Waals surface area contributed by atoms with Crippen molar-refractivity contribution in [3.05, 3.63) is 89.6 Å². The quantitative estimate of drug-likeness (QED) is 0.312. The normalized spacial score (nSPS) is 14.0. The zero-order valence-corrected chi connectivity index (χ0v) is 21.7. The number of carbonyl (C=O) groups excluding carboxylic acids is 2. The van der Waals surface area contributed by atoms with Gasteiger partial charge in [-0.15, -0.1) is 0 Å². The van der Waals surface area contributed by atoms with Gasteiger partial charge in [-0.25, -0.2) is 4.98 Å². The van der Waals surface area contributed by atoms with Gasteiger partial charge in [-0.3, -0.25) is 9.59 Å². The summed E-state index contributed by atoms with van der Waals surface area (Å²) in [6.07, 6.45) is 3.72. The summed E-state index contributed by atoms with van der Waals surface area (Å²) in [4.78, 5) is 31.6. The number of pyridine rings is 1. The lowest BCUT2D eigenvalue weighted by Crippen LogP contribution is -2.17. The number of anilines is 2. The third-order valence-electron chi connectivity index (χ3n) is 7.16. The summed E-state index contributed by atoms with van der Waals surface area (Å²) in [5.74, 6) is 0.642. The largest absolute Gasteiger partial charge is 0.322 e. The molecule has 3 aromatic carbocycles. The minimum absolute atomic E-state index is 0.0528. The number of aromatic nitrogens is 1. The predicted molar refractivity (Wildman–Crippen MR) is 150 cm³/mol. The molecule has 1 aliphatic carbocycles. The van der Waals surface area contributed by atoms with Crippen LogP contribution in [-0.2, 0) is 4.79 Å². The van der Waals surface area contributed by atoms with E-state index in [1.165, 1.54) is 5.56 Å². The van der Waals surface area contributed by atoms with Crippen molar-refractivity contribution in [2.24, 2.45) is 5.92 Å². The highest BCUT2D eigenvalue weighted by Gasteiger charge is 2.29. The third-order valence-corrected chi connectivity index (χ3v) is 7.16. The fraction of sp³-hybridized carbons (Fsp3) is 0.258. The first-order valence-electron chi connectivity index (χ1n) is 12.7. The second-order valence-electron chi connectivity index (χ2n) is 10.1. The van der Waals surface area contributed by atoms with E-state index in [1.54, 1.807) is 6.20 Å². The van der Waals surface area contributed by atoms with Gasteiger partial charge in [0.25, 0.3) is 5.91 Å². The molecule has 0 saturated heterocycles. The molecule has 2 amide bonds. The van der Waals surface area contributed by atoms with Gasteiger partial charge >= 0.3 is 0 Å². The molecule has 188 valence electrons. The van der Waals surface area contributed by atoms with Gasteiger partial charge in [0.05, 0.1) is 0 Å². The van der Waals surface area contributed by atoms with E-state index in [9.17, 15) is 9.59 Å². The van der Waals surface area contributed by atoms with E-state index in [0.29, 0.717) is 11.4 Å². The van der Waals surface area contributed by atoms with Crippen LogP contribution < -0.4 is 10.6 Å². The van der Waals surface area contributed by atoms with E-state index in [0.717, 1.165) is 46.0 Å². The summed E-state index contributed by atoms with van der Waals surface area (Å²) in [7, 11) is 4.08. The number of hydrogen-bond acceptors (Lipinski definition) is 4. The topological polar surface area (TPSA) is 74.3 Å². The Labute approximate surface area is 217 Å². The Morgan fingerprint density at radius 2 is 1.68 bits per heavy atom. The summed E-state index contributed by atoms with van der Waals surface area (Å²) in [6.45, 7) is 4.20. The van der Waals surface area contributed by atoms with Crippen LogP contribution in [0.3, 0.4) is 0 Å². The van der Waals surface area contributed by atoms with Crippen LogP contribution >= 0.6 is 0 Å². The Kier molecular flexibility index (Phi) is 6.76. The third kappa shape index (κ3) is 5.54. The van der Waals surface area contributed by atoms with Crippen LogP contribution in [0.1, 0.15) is 47.3 Å². The van der Waals surface area contributed by atoms with Crippen LogP contribution in [0.5, 0.6) is 0 Å². The molecule has 0 radical (unpaired) electrons. The maximum atomic E-state index is 12.9. The highest BCUT2D eigenvalue weighted by Crippen LogP contribution is 2.32. The monoisotopic (exact) mass is 492 g/mol. The van der Waals surface area contributed by atoms with E-state index < -0.39 is 0 Å². The van der Waals surface area contributed by atoms with Crippen molar-refractivity contribution in [3.63, 3.8) is 0 Å². The average molecular weight is 493 g/mol. The summed E-state index contributed by atoms with van der Waals surface area (Å²) >= 11 is 0. The zero-order valence-electron chi connectivity index (χ0n) is 21.7. The predicted octanol–water partition coefficient (Wildman–Crippen LogP) is 6.43. The smallest absolute Gasteiger partial charge is 0.255 e. The molecule has 0 bridgehead atoms. The van der Waals surface area contributed by atoms with Gasteiger partial charge in [0.2, 0.25) is 5.91 Å². The number of nitrogens with one attached hydrogen (secondary N) is 2. The van der Waals surface area contributed by atoms with E-state index in [-0.39, 0.29) is 23.8 Å². The molecule has 6 nitrogen and oxygen atoms in total. The van der Waals surface area contributed by atoms with Crippen molar-refractivity contribution in [2.45, 2.75) is 32.7 Å². The number of rotatable bonds is 7. The Balaban J connectivity index is 1.34.